The number of amides is 1. The van der Waals surface area contributed by atoms with Crippen LogP contribution in [0.4, 0.5) is 5.69 Å². The van der Waals surface area contributed by atoms with Crippen molar-refractivity contribution in [1.82, 2.24) is 0 Å². The fourth-order valence-corrected chi connectivity index (χ4v) is 3.01. The summed E-state index contributed by atoms with van der Waals surface area (Å²) in [5, 5.41) is 13.7. The molecule has 5 heteroatoms. The summed E-state index contributed by atoms with van der Waals surface area (Å²) in [4.78, 5) is 12.2. The maximum atomic E-state index is 12.2. The van der Waals surface area contributed by atoms with Gasteiger partial charge >= 0.3 is 0 Å². The van der Waals surface area contributed by atoms with Crippen LogP contribution < -0.4 is 10.1 Å². The summed E-state index contributed by atoms with van der Waals surface area (Å²) in [5.74, 6) is -0.0383. The van der Waals surface area contributed by atoms with Gasteiger partial charge in [-0.05, 0) is 41.8 Å². The second kappa shape index (κ2) is 5.99. The molecule has 2 unspecified atom stereocenters. The monoisotopic (exact) mass is 317 g/mol. The largest absolute Gasteiger partial charge is 0.497 e. The van der Waals surface area contributed by atoms with E-state index >= 15 is 0 Å². The number of halogens is 1. The summed E-state index contributed by atoms with van der Waals surface area (Å²) in [6.45, 7) is 0. The second-order valence-corrected chi connectivity index (χ2v) is 5.69. The summed E-state index contributed by atoms with van der Waals surface area (Å²) in [6.07, 6.45) is -0.641. The van der Waals surface area contributed by atoms with Crippen LogP contribution in [0.3, 0.4) is 0 Å². The normalized spacial score (nSPS) is 20.8. The first-order valence-corrected chi connectivity index (χ1v) is 7.38. The number of carbonyl (C=O) groups is 1. The Morgan fingerprint density at radius 2 is 1.95 bits per heavy atom. The van der Waals surface area contributed by atoms with Gasteiger partial charge in [-0.15, -0.1) is 0 Å². The van der Waals surface area contributed by atoms with Crippen molar-refractivity contribution in [3.63, 3.8) is 0 Å². The zero-order chi connectivity index (χ0) is 15.7. The topological polar surface area (TPSA) is 58.6 Å². The van der Waals surface area contributed by atoms with Crippen LogP contribution in [-0.4, -0.2) is 24.2 Å². The highest BCUT2D eigenvalue weighted by Crippen LogP contribution is 2.35. The summed E-state index contributed by atoms with van der Waals surface area (Å²) in [6, 6.07) is 12.7. The highest BCUT2D eigenvalue weighted by atomic mass is 35.5. The fourth-order valence-electron chi connectivity index (χ4n) is 2.76. The number of hydrogen-bond acceptors (Lipinski definition) is 3. The Bertz CT molecular complexity index is 700. The first kappa shape index (κ1) is 14.9. The molecule has 0 fully saturated rings. The molecule has 1 aliphatic heterocycles. The molecule has 0 aromatic heterocycles. The van der Waals surface area contributed by atoms with Crippen molar-refractivity contribution >= 4 is 23.2 Å². The first-order chi connectivity index (χ1) is 10.6. The van der Waals surface area contributed by atoms with Crippen molar-refractivity contribution in [1.29, 1.82) is 0 Å². The predicted molar refractivity (Wildman–Crippen MR) is 85.5 cm³/mol. The van der Waals surface area contributed by atoms with Gasteiger partial charge < -0.3 is 15.2 Å². The molecule has 0 bridgehead atoms. The van der Waals surface area contributed by atoms with Gasteiger partial charge in [-0.25, -0.2) is 0 Å². The third kappa shape index (κ3) is 2.67. The number of hydrogen-bond donors (Lipinski definition) is 2. The van der Waals surface area contributed by atoms with Crippen LogP contribution in [-0.2, 0) is 11.2 Å². The number of ether oxygens (including phenoxy) is 1. The van der Waals surface area contributed by atoms with Crippen LogP contribution in [0.1, 0.15) is 17.0 Å². The van der Waals surface area contributed by atoms with Crippen molar-refractivity contribution in [2.45, 2.75) is 18.4 Å². The van der Waals surface area contributed by atoms with Crippen LogP contribution in [0, 0.1) is 0 Å². The van der Waals surface area contributed by atoms with Gasteiger partial charge in [0.15, 0.2) is 0 Å². The number of nitrogens with one attached hydrogen (secondary N) is 1. The lowest BCUT2D eigenvalue weighted by molar-refractivity contribution is -0.124. The summed E-state index contributed by atoms with van der Waals surface area (Å²) in [7, 11) is 1.60. The number of rotatable bonds is 2. The smallest absolute Gasteiger partial charge is 0.253 e. The van der Waals surface area contributed by atoms with Gasteiger partial charge in [0, 0.05) is 16.6 Å². The van der Waals surface area contributed by atoms with E-state index in [1.54, 1.807) is 25.3 Å². The van der Waals surface area contributed by atoms with E-state index in [-0.39, 0.29) is 5.92 Å². The minimum Gasteiger partial charge on any atom is -0.497 e. The van der Waals surface area contributed by atoms with E-state index < -0.39 is 12.0 Å². The molecule has 3 rings (SSSR count). The second-order valence-electron chi connectivity index (χ2n) is 5.28. The molecule has 0 aliphatic carbocycles. The van der Waals surface area contributed by atoms with Crippen LogP contribution in [0.2, 0.25) is 5.02 Å². The molecule has 0 saturated heterocycles. The molecule has 2 N–H and O–H groups in total. The molecule has 2 aromatic rings. The van der Waals surface area contributed by atoms with E-state index in [2.05, 4.69) is 5.32 Å². The van der Waals surface area contributed by atoms with Crippen LogP contribution >= 0.6 is 11.6 Å². The molecule has 1 aliphatic rings. The van der Waals surface area contributed by atoms with Gasteiger partial charge in [0.1, 0.15) is 11.9 Å². The van der Waals surface area contributed by atoms with E-state index in [1.165, 1.54) is 0 Å². The Labute approximate surface area is 133 Å². The zero-order valence-corrected chi connectivity index (χ0v) is 12.8. The molecule has 1 heterocycles. The third-order valence-corrected chi connectivity index (χ3v) is 4.35. The van der Waals surface area contributed by atoms with Gasteiger partial charge in [-0.3, -0.25) is 4.79 Å². The number of methoxy groups -OCH3 is 1. The lowest BCUT2D eigenvalue weighted by Gasteiger charge is -2.20. The van der Waals surface area contributed by atoms with Gasteiger partial charge in [0.05, 0.1) is 7.11 Å². The van der Waals surface area contributed by atoms with Crippen LogP contribution in [0.5, 0.6) is 5.75 Å². The number of anilines is 1. The van der Waals surface area contributed by atoms with Gasteiger partial charge in [0.2, 0.25) is 0 Å². The van der Waals surface area contributed by atoms with Gasteiger partial charge in [-0.1, -0.05) is 29.8 Å². The quantitative estimate of drug-likeness (QED) is 0.895. The molecule has 2 atom stereocenters. The lowest BCUT2D eigenvalue weighted by Crippen LogP contribution is -2.31. The van der Waals surface area contributed by atoms with E-state index in [0.717, 1.165) is 16.9 Å². The SMILES string of the molecule is COc1ccc(C2Cc3c(Cl)cccc3NC(=O)C2O)cc1. The van der Waals surface area contributed by atoms with Crippen molar-refractivity contribution in [3.05, 3.63) is 58.6 Å². The fraction of sp³-hybridized carbons (Fsp3) is 0.235. The molecule has 2 aromatic carbocycles. The summed E-state index contributed by atoms with van der Waals surface area (Å²) < 4.78 is 5.14. The Balaban J connectivity index is 2.02. The molecule has 1 amide bonds. The average Bonchev–Trinajstić information content (AvgIpc) is 2.66. The summed E-state index contributed by atoms with van der Waals surface area (Å²) >= 11 is 6.26. The number of fused-ring (bicyclic) bond motifs is 1. The maximum absolute atomic E-state index is 12.2. The molecule has 114 valence electrons. The average molecular weight is 318 g/mol. The van der Waals surface area contributed by atoms with Gasteiger partial charge in [0.25, 0.3) is 5.91 Å². The highest BCUT2D eigenvalue weighted by Gasteiger charge is 2.32. The Morgan fingerprint density at radius 3 is 2.64 bits per heavy atom. The number of carbonyl (C=O) groups excluding carboxylic acids is 1. The molecule has 22 heavy (non-hydrogen) atoms. The molecule has 0 saturated carbocycles. The van der Waals surface area contributed by atoms with E-state index in [1.807, 2.05) is 24.3 Å². The number of aliphatic hydroxyl groups excluding tert-OH is 1. The number of benzene rings is 2. The minimum absolute atomic E-state index is 0.355. The highest BCUT2D eigenvalue weighted by molar-refractivity contribution is 6.32. The van der Waals surface area contributed by atoms with Gasteiger partial charge in [-0.2, -0.15) is 0 Å². The molecule has 0 radical (unpaired) electrons. The van der Waals surface area contributed by atoms with Crippen LogP contribution in [0.15, 0.2) is 42.5 Å². The minimum atomic E-state index is -1.13. The Morgan fingerprint density at radius 1 is 1.23 bits per heavy atom. The Hall–Kier alpha value is -2.04. The number of aliphatic hydroxyl groups is 1. The van der Waals surface area contributed by atoms with E-state index in [0.29, 0.717) is 17.1 Å². The third-order valence-electron chi connectivity index (χ3n) is 3.99. The van der Waals surface area contributed by atoms with Crippen molar-refractivity contribution in [2.24, 2.45) is 0 Å². The standard InChI is InChI=1S/C17H16ClNO3/c1-22-11-7-5-10(6-8-11)12-9-13-14(18)3-2-4-15(13)19-17(21)16(12)20/h2-8,12,16,20H,9H2,1H3,(H,19,21). The predicted octanol–water partition coefficient (Wildman–Crippen LogP) is 2.99. The molecule has 0 spiro atoms. The first-order valence-electron chi connectivity index (χ1n) is 7.00. The van der Waals surface area contributed by atoms with Crippen LogP contribution in [0.25, 0.3) is 0 Å². The van der Waals surface area contributed by atoms with E-state index in [4.69, 9.17) is 16.3 Å². The lowest BCUT2D eigenvalue weighted by atomic mass is 9.88. The molecular formula is C17H16ClNO3. The van der Waals surface area contributed by atoms with E-state index in [9.17, 15) is 9.90 Å². The Kier molecular flexibility index (Phi) is 4.05. The van der Waals surface area contributed by atoms with Crippen molar-refractivity contribution in [2.75, 3.05) is 12.4 Å². The molecular weight excluding hydrogens is 302 g/mol. The maximum Gasteiger partial charge on any atom is 0.253 e. The summed E-state index contributed by atoms with van der Waals surface area (Å²) in [5.41, 5.74) is 2.37. The van der Waals surface area contributed by atoms with Crippen molar-refractivity contribution < 1.29 is 14.6 Å². The van der Waals surface area contributed by atoms with Crippen molar-refractivity contribution in [3.8, 4) is 5.75 Å². The molecule has 4 nitrogen and oxygen atoms in total. The zero-order valence-electron chi connectivity index (χ0n) is 12.0.